The lowest BCUT2D eigenvalue weighted by Gasteiger charge is -2.26. The summed E-state index contributed by atoms with van der Waals surface area (Å²) in [6.45, 7) is 0. The average Bonchev–Trinajstić information content (AvgIpc) is 3.49. The van der Waals surface area contributed by atoms with Crippen molar-refractivity contribution in [3.63, 3.8) is 0 Å². The quantitative estimate of drug-likeness (QED) is 0.201. The highest BCUT2D eigenvalue weighted by atomic mass is 16.3. The van der Waals surface area contributed by atoms with E-state index in [0.29, 0.717) is 0 Å². The number of anilines is 3. The van der Waals surface area contributed by atoms with Crippen LogP contribution in [0.5, 0.6) is 0 Å². The molecular formula is C41H28N2O. The van der Waals surface area contributed by atoms with E-state index >= 15 is 0 Å². The van der Waals surface area contributed by atoms with Gasteiger partial charge in [0.2, 0.25) is 0 Å². The maximum absolute atomic E-state index is 6.23. The second-order valence-corrected chi connectivity index (χ2v) is 10.8. The van der Waals surface area contributed by atoms with Gasteiger partial charge in [-0.1, -0.05) is 115 Å². The van der Waals surface area contributed by atoms with Crippen molar-refractivity contribution in [1.29, 1.82) is 0 Å². The number of nitrogens with zero attached hydrogens (tertiary/aromatic N) is 2. The summed E-state index contributed by atoms with van der Waals surface area (Å²) in [6.07, 6.45) is 1.83. The molecule has 3 heteroatoms. The first-order valence-corrected chi connectivity index (χ1v) is 14.8. The lowest BCUT2D eigenvalue weighted by Crippen LogP contribution is -2.10. The Morgan fingerprint density at radius 2 is 0.932 bits per heavy atom. The number of benzene rings is 6. The van der Waals surface area contributed by atoms with Crippen LogP contribution >= 0.6 is 0 Å². The summed E-state index contributed by atoms with van der Waals surface area (Å²) in [5.74, 6) is 0. The van der Waals surface area contributed by atoms with Crippen molar-refractivity contribution >= 4 is 39.1 Å². The summed E-state index contributed by atoms with van der Waals surface area (Å²) >= 11 is 0. The monoisotopic (exact) mass is 564 g/mol. The van der Waals surface area contributed by atoms with Gasteiger partial charge in [0.15, 0.2) is 5.58 Å². The van der Waals surface area contributed by atoms with Gasteiger partial charge in [0.05, 0.1) is 11.1 Å². The first-order chi connectivity index (χ1) is 21.8. The van der Waals surface area contributed by atoms with E-state index in [1.165, 1.54) is 33.4 Å². The molecule has 0 spiro atoms. The third-order valence-corrected chi connectivity index (χ3v) is 8.15. The summed E-state index contributed by atoms with van der Waals surface area (Å²) in [5.41, 5.74) is 12.7. The Kier molecular flexibility index (Phi) is 6.47. The summed E-state index contributed by atoms with van der Waals surface area (Å²) in [6, 6.07) is 57.3. The number of pyridine rings is 1. The molecule has 0 saturated heterocycles. The smallest absolute Gasteiger partial charge is 0.153 e. The zero-order valence-electron chi connectivity index (χ0n) is 24.0. The van der Waals surface area contributed by atoms with E-state index < -0.39 is 0 Å². The van der Waals surface area contributed by atoms with Crippen LogP contribution in [0.1, 0.15) is 0 Å². The van der Waals surface area contributed by atoms with Gasteiger partial charge >= 0.3 is 0 Å². The van der Waals surface area contributed by atoms with Gasteiger partial charge in [0.25, 0.3) is 0 Å². The lowest BCUT2D eigenvalue weighted by molar-refractivity contribution is 0.668. The van der Waals surface area contributed by atoms with E-state index in [1.807, 2.05) is 30.5 Å². The second-order valence-electron chi connectivity index (χ2n) is 10.8. The van der Waals surface area contributed by atoms with Crippen molar-refractivity contribution in [3.05, 3.63) is 170 Å². The molecule has 0 unspecified atom stereocenters. The highest BCUT2D eigenvalue weighted by Crippen LogP contribution is 2.43. The van der Waals surface area contributed by atoms with E-state index in [9.17, 15) is 0 Å². The standard InChI is InChI=1S/C41H28N2O/c1-3-11-29(12-4-1)30-20-24-33(25-21-30)43(37-17-9-18-38-40(37)41-39(44-38)19-10-28-42-41)34-26-22-32(23-27-34)36-16-8-7-15-35(36)31-13-5-2-6-14-31/h1-28H. The molecule has 0 N–H and O–H groups in total. The minimum atomic E-state index is 0.780. The lowest BCUT2D eigenvalue weighted by atomic mass is 9.94. The van der Waals surface area contributed by atoms with Crippen LogP contribution in [-0.4, -0.2) is 4.98 Å². The van der Waals surface area contributed by atoms with Crippen molar-refractivity contribution in [1.82, 2.24) is 4.98 Å². The zero-order valence-corrected chi connectivity index (χ0v) is 24.0. The minimum absolute atomic E-state index is 0.780. The van der Waals surface area contributed by atoms with Crippen molar-refractivity contribution in [3.8, 4) is 33.4 Å². The molecule has 3 nitrogen and oxygen atoms in total. The van der Waals surface area contributed by atoms with Crippen LogP contribution in [0.4, 0.5) is 17.1 Å². The molecule has 44 heavy (non-hydrogen) atoms. The molecule has 0 aliphatic carbocycles. The highest BCUT2D eigenvalue weighted by molar-refractivity contribution is 6.11. The first kappa shape index (κ1) is 25.8. The van der Waals surface area contributed by atoms with Crippen LogP contribution in [0, 0.1) is 0 Å². The molecule has 2 heterocycles. The number of furan rings is 1. The molecule has 8 rings (SSSR count). The number of aromatic nitrogens is 1. The van der Waals surface area contributed by atoms with Gasteiger partial charge in [-0.05, 0) is 81.9 Å². The Morgan fingerprint density at radius 3 is 1.59 bits per heavy atom. The zero-order chi connectivity index (χ0) is 29.3. The Balaban J connectivity index is 1.27. The topological polar surface area (TPSA) is 29.3 Å². The van der Waals surface area contributed by atoms with E-state index in [-0.39, 0.29) is 0 Å². The Bertz CT molecular complexity index is 2200. The molecule has 0 atom stereocenters. The predicted molar refractivity (Wildman–Crippen MR) is 183 cm³/mol. The van der Waals surface area contributed by atoms with Crippen LogP contribution in [-0.2, 0) is 0 Å². The van der Waals surface area contributed by atoms with E-state index in [0.717, 1.165) is 39.1 Å². The summed E-state index contributed by atoms with van der Waals surface area (Å²) in [5, 5.41) is 0.994. The molecule has 208 valence electrons. The second kappa shape index (κ2) is 11.0. The van der Waals surface area contributed by atoms with Gasteiger partial charge in [-0.15, -0.1) is 0 Å². The largest absolute Gasteiger partial charge is 0.454 e. The summed E-state index contributed by atoms with van der Waals surface area (Å²) < 4.78 is 6.23. The summed E-state index contributed by atoms with van der Waals surface area (Å²) in [7, 11) is 0. The molecular weight excluding hydrogens is 536 g/mol. The Morgan fingerprint density at radius 1 is 0.409 bits per heavy atom. The average molecular weight is 565 g/mol. The van der Waals surface area contributed by atoms with Crippen LogP contribution in [0.25, 0.3) is 55.4 Å². The molecule has 2 aromatic heterocycles. The number of rotatable bonds is 6. The fraction of sp³-hybridized carbons (Fsp3) is 0. The minimum Gasteiger partial charge on any atom is -0.454 e. The van der Waals surface area contributed by atoms with Crippen molar-refractivity contribution in [2.75, 3.05) is 4.90 Å². The van der Waals surface area contributed by atoms with Crippen LogP contribution in [0.2, 0.25) is 0 Å². The van der Waals surface area contributed by atoms with Crippen molar-refractivity contribution in [2.24, 2.45) is 0 Å². The maximum Gasteiger partial charge on any atom is 0.153 e. The molecule has 6 aromatic carbocycles. The normalized spacial score (nSPS) is 11.2. The fourth-order valence-corrected chi connectivity index (χ4v) is 6.06. The van der Waals surface area contributed by atoms with Gasteiger partial charge in [0, 0.05) is 17.6 Å². The van der Waals surface area contributed by atoms with Crippen LogP contribution in [0.3, 0.4) is 0 Å². The van der Waals surface area contributed by atoms with Crippen LogP contribution in [0.15, 0.2) is 174 Å². The fourth-order valence-electron chi connectivity index (χ4n) is 6.06. The van der Waals surface area contributed by atoms with Gasteiger partial charge in [-0.25, -0.2) is 0 Å². The molecule has 0 aliphatic rings. The molecule has 8 aromatic rings. The van der Waals surface area contributed by atoms with E-state index in [1.54, 1.807) is 0 Å². The van der Waals surface area contributed by atoms with Crippen LogP contribution < -0.4 is 4.90 Å². The van der Waals surface area contributed by atoms with Gasteiger partial charge in [-0.3, -0.25) is 4.98 Å². The van der Waals surface area contributed by atoms with Gasteiger partial charge < -0.3 is 9.32 Å². The molecule has 0 bridgehead atoms. The SMILES string of the molecule is c1ccc(-c2ccc(N(c3ccc(-c4ccccc4-c4ccccc4)cc3)c3cccc4oc5cccnc5c34)cc2)cc1. The number of hydrogen-bond donors (Lipinski definition) is 0. The molecule has 0 radical (unpaired) electrons. The predicted octanol–water partition coefficient (Wildman–Crippen LogP) is 11.5. The molecule has 0 fully saturated rings. The third-order valence-electron chi connectivity index (χ3n) is 8.15. The maximum atomic E-state index is 6.23. The highest BCUT2D eigenvalue weighted by Gasteiger charge is 2.20. The summed E-state index contributed by atoms with van der Waals surface area (Å²) in [4.78, 5) is 7.02. The Labute approximate surface area is 256 Å². The Hall–Kier alpha value is -5.93. The van der Waals surface area contributed by atoms with E-state index in [4.69, 9.17) is 9.40 Å². The number of fused-ring (bicyclic) bond motifs is 3. The third kappa shape index (κ3) is 4.61. The van der Waals surface area contributed by atoms with Crippen molar-refractivity contribution < 1.29 is 4.42 Å². The van der Waals surface area contributed by atoms with Gasteiger partial charge in [0.1, 0.15) is 11.1 Å². The molecule has 0 aliphatic heterocycles. The van der Waals surface area contributed by atoms with E-state index in [2.05, 4.69) is 144 Å². The first-order valence-electron chi connectivity index (χ1n) is 14.8. The number of hydrogen-bond acceptors (Lipinski definition) is 3. The molecule has 0 amide bonds. The molecule has 0 saturated carbocycles. The van der Waals surface area contributed by atoms with Gasteiger partial charge in [-0.2, -0.15) is 0 Å². The van der Waals surface area contributed by atoms with Crippen molar-refractivity contribution in [2.45, 2.75) is 0 Å².